The Morgan fingerprint density at radius 3 is 2.73 bits per heavy atom. The summed E-state index contributed by atoms with van der Waals surface area (Å²) in [5.41, 5.74) is 0.270. The number of nitrogens with one attached hydrogen (secondary N) is 1. The molecule has 4 heterocycles. The number of rotatable bonds is 8. The number of methoxy groups -OCH3 is 1. The number of pyridine rings is 1. The Bertz CT molecular complexity index is 1610. The summed E-state index contributed by atoms with van der Waals surface area (Å²) >= 11 is 0. The van der Waals surface area contributed by atoms with Gasteiger partial charge in [-0.2, -0.15) is 4.31 Å². The van der Waals surface area contributed by atoms with Crippen molar-refractivity contribution in [3.05, 3.63) is 54.4 Å². The second-order valence-corrected chi connectivity index (χ2v) is 11.5. The lowest BCUT2D eigenvalue weighted by molar-refractivity contribution is -0.138. The first-order chi connectivity index (χ1) is 19.6. The van der Waals surface area contributed by atoms with Crippen molar-refractivity contribution in [2.24, 2.45) is 0 Å². The summed E-state index contributed by atoms with van der Waals surface area (Å²) in [6.45, 7) is 1.37. The normalized spacial score (nSPS) is 19.7. The molecule has 3 aromatic rings. The lowest BCUT2D eigenvalue weighted by Gasteiger charge is -2.27. The predicted octanol–water partition coefficient (Wildman–Crippen LogP) is 2.12. The summed E-state index contributed by atoms with van der Waals surface area (Å²) in [5.74, 6) is -0.693. The van der Waals surface area contributed by atoms with Crippen LogP contribution in [-0.2, 0) is 19.6 Å². The molecule has 3 unspecified atom stereocenters. The molecule has 0 aliphatic carbocycles. The van der Waals surface area contributed by atoms with Gasteiger partial charge in [-0.3, -0.25) is 19.4 Å². The Morgan fingerprint density at radius 1 is 1.22 bits per heavy atom. The summed E-state index contributed by atoms with van der Waals surface area (Å²) in [5, 5.41) is 2.03. The fourth-order valence-corrected chi connectivity index (χ4v) is 6.82. The van der Waals surface area contributed by atoms with Gasteiger partial charge in [-0.25, -0.2) is 13.2 Å². The van der Waals surface area contributed by atoms with Gasteiger partial charge >= 0.3 is 6.09 Å². The van der Waals surface area contributed by atoms with Gasteiger partial charge in [-0.15, -0.1) is 0 Å². The SMILES string of the molecule is CCCC(NC(=O)Oc1cc2cccc(OC)c2o1)C(=O)N1CCC2C1C(=O)CN2S(=O)(=O)C(=O)c1cccnc1. The number of carbonyl (C=O) groups excluding carboxylic acids is 4. The van der Waals surface area contributed by atoms with Crippen molar-refractivity contribution in [3.8, 4) is 11.7 Å². The monoisotopic (exact) mass is 584 g/mol. The number of sulfonamides is 1. The molecule has 0 radical (unpaired) electrons. The number of ketones is 1. The van der Waals surface area contributed by atoms with Gasteiger partial charge in [0, 0.05) is 30.4 Å². The van der Waals surface area contributed by atoms with Crippen molar-refractivity contribution in [2.45, 2.75) is 44.3 Å². The quantitative estimate of drug-likeness (QED) is 0.414. The van der Waals surface area contributed by atoms with E-state index in [1.54, 1.807) is 18.2 Å². The smallest absolute Gasteiger partial charge is 0.415 e. The van der Waals surface area contributed by atoms with Crippen LogP contribution in [-0.4, -0.2) is 83.8 Å². The highest BCUT2D eigenvalue weighted by Gasteiger charge is 2.55. The van der Waals surface area contributed by atoms with Crippen LogP contribution in [0.15, 0.2) is 53.2 Å². The van der Waals surface area contributed by atoms with Crippen LogP contribution in [0.4, 0.5) is 4.79 Å². The van der Waals surface area contributed by atoms with Crippen molar-refractivity contribution in [1.82, 2.24) is 19.5 Å². The number of para-hydroxylation sites is 1. The van der Waals surface area contributed by atoms with E-state index in [0.717, 1.165) is 10.5 Å². The number of nitrogens with zero attached hydrogens (tertiary/aromatic N) is 3. The summed E-state index contributed by atoms with van der Waals surface area (Å²) in [6, 6.07) is 6.48. The van der Waals surface area contributed by atoms with Crippen LogP contribution in [0.5, 0.6) is 11.7 Å². The Balaban J connectivity index is 1.29. The van der Waals surface area contributed by atoms with E-state index in [1.165, 1.54) is 36.4 Å². The highest BCUT2D eigenvalue weighted by Crippen LogP contribution is 2.34. The molecule has 13 nitrogen and oxygen atoms in total. The number of amides is 2. The molecule has 2 amide bonds. The van der Waals surface area contributed by atoms with Crippen molar-refractivity contribution in [3.63, 3.8) is 0 Å². The fourth-order valence-electron chi connectivity index (χ4n) is 5.31. The molecule has 1 aromatic carbocycles. The molecule has 0 saturated carbocycles. The van der Waals surface area contributed by atoms with E-state index in [4.69, 9.17) is 13.9 Å². The molecule has 0 spiro atoms. The van der Waals surface area contributed by atoms with Gasteiger partial charge in [0.1, 0.15) is 12.1 Å². The molecule has 2 saturated heterocycles. The molecule has 2 aromatic heterocycles. The minimum atomic E-state index is -4.54. The van der Waals surface area contributed by atoms with E-state index in [9.17, 15) is 27.6 Å². The minimum absolute atomic E-state index is 0.0767. The number of aromatic nitrogens is 1. The number of hydrogen-bond donors (Lipinski definition) is 1. The number of hydrogen-bond acceptors (Lipinski definition) is 10. The van der Waals surface area contributed by atoms with E-state index >= 15 is 0 Å². The molecule has 0 bridgehead atoms. The molecule has 3 atom stereocenters. The Kier molecular flexibility index (Phi) is 7.78. The number of likely N-dealkylation sites (tertiary alicyclic amines) is 1. The van der Waals surface area contributed by atoms with Crippen molar-refractivity contribution in [1.29, 1.82) is 0 Å². The first-order valence-corrected chi connectivity index (χ1v) is 14.4. The average Bonchev–Trinajstić information content (AvgIpc) is 3.67. The molecule has 1 N–H and O–H groups in total. The second-order valence-electron chi connectivity index (χ2n) is 9.70. The molecule has 2 aliphatic heterocycles. The lowest BCUT2D eigenvalue weighted by atomic mass is 10.1. The summed E-state index contributed by atoms with van der Waals surface area (Å²) in [4.78, 5) is 57.2. The molecule has 5 rings (SSSR count). The third-order valence-electron chi connectivity index (χ3n) is 7.17. The van der Waals surface area contributed by atoms with Crippen LogP contribution in [0, 0.1) is 0 Å². The van der Waals surface area contributed by atoms with Crippen molar-refractivity contribution < 1.29 is 41.5 Å². The van der Waals surface area contributed by atoms with Gasteiger partial charge in [-0.1, -0.05) is 25.5 Å². The van der Waals surface area contributed by atoms with Crippen molar-refractivity contribution >= 4 is 43.9 Å². The largest absolute Gasteiger partial charge is 0.493 e. The van der Waals surface area contributed by atoms with Gasteiger partial charge in [-0.05, 0) is 31.0 Å². The zero-order valence-corrected chi connectivity index (χ0v) is 23.1. The van der Waals surface area contributed by atoms with Crippen molar-refractivity contribution in [2.75, 3.05) is 20.2 Å². The van der Waals surface area contributed by atoms with E-state index in [0.29, 0.717) is 23.1 Å². The number of fused-ring (bicyclic) bond motifs is 2. The first-order valence-electron chi connectivity index (χ1n) is 13.0. The number of ether oxygens (including phenoxy) is 2. The van der Waals surface area contributed by atoms with Gasteiger partial charge in [0.15, 0.2) is 17.1 Å². The van der Waals surface area contributed by atoms with E-state index in [1.807, 2.05) is 6.92 Å². The van der Waals surface area contributed by atoms with E-state index in [-0.39, 0.29) is 30.9 Å². The molecule has 2 aliphatic rings. The lowest BCUT2D eigenvalue weighted by Crippen LogP contribution is -2.53. The maximum Gasteiger partial charge on any atom is 0.415 e. The Hall–Kier alpha value is -4.30. The van der Waals surface area contributed by atoms with Crippen LogP contribution >= 0.6 is 0 Å². The van der Waals surface area contributed by atoms with Gasteiger partial charge < -0.3 is 24.1 Å². The molecule has 216 valence electrons. The molecule has 41 heavy (non-hydrogen) atoms. The highest BCUT2D eigenvalue weighted by atomic mass is 32.2. The number of carbonyl (C=O) groups is 4. The van der Waals surface area contributed by atoms with Gasteiger partial charge in [0.25, 0.3) is 21.1 Å². The Labute approximate surface area is 235 Å². The second kappa shape index (κ2) is 11.3. The summed E-state index contributed by atoms with van der Waals surface area (Å²) in [6.07, 6.45) is 2.53. The number of benzene rings is 1. The maximum atomic E-state index is 13.6. The van der Waals surface area contributed by atoms with Crippen LogP contribution in [0.25, 0.3) is 11.0 Å². The highest BCUT2D eigenvalue weighted by molar-refractivity contribution is 8.04. The number of furan rings is 1. The first kappa shape index (κ1) is 28.2. The maximum absolute atomic E-state index is 13.6. The van der Waals surface area contributed by atoms with Crippen LogP contribution < -0.4 is 14.8 Å². The predicted molar refractivity (Wildman–Crippen MR) is 144 cm³/mol. The molecule has 14 heteroatoms. The van der Waals surface area contributed by atoms with Gasteiger partial charge in [0.2, 0.25) is 5.91 Å². The zero-order chi connectivity index (χ0) is 29.3. The molecule has 2 fully saturated rings. The minimum Gasteiger partial charge on any atom is -0.493 e. The summed E-state index contributed by atoms with van der Waals surface area (Å²) < 4.78 is 43.3. The van der Waals surface area contributed by atoms with Crippen LogP contribution in [0.3, 0.4) is 0 Å². The fraction of sp³-hybridized carbons (Fsp3) is 0.370. The van der Waals surface area contributed by atoms with Crippen LogP contribution in [0.1, 0.15) is 36.5 Å². The average molecular weight is 585 g/mol. The Morgan fingerprint density at radius 2 is 2.02 bits per heavy atom. The topological polar surface area (TPSA) is 165 Å². The van der Waals surface area contributed by atoms with Gasteiger partial charge in [0.05, 0.1) is 25.3 Å². The van der Waals surface area contributed by atoms with E-state index < -0.39 is 57.6 Å². The molecular formula is C27H28N4O9S. The summed E-state index contributed by atoms with van der Waals surface area (Å²) in [7, 11) is -3.06. The standard InChI is InChI=1S/C27H28N4O9S/c1-3-6-18(29-27(35)40-22-13-16-7-4-9-21(38-2)24(16)39-22)25(33)30-12-10-19-23(30)20(32)15-31(19)41(36,37)26(34)17-8-5-11-28-14-17/h4-5,7-9,11,13-14,18-19,23H,3,6,10,12,15H2,1-2H3,(H,29,35). The van der Waals surface area contributed by atoms with E-state index in [2.05, 4.69) is 10.3 Å². The van der Waals surface area contributed by atoms with Crippen LogP contribution in [0.2, 0.25) is 0 Å². The zero-order valence-electron chi connectivity index (χ0n) is 22.3. The third kappa shape index (κ3) is 5.27. The number of Topliss-reactive ketones (excluding diaryl/α,β-unsaturated/α-hetero) is 1. The third-order valence-corrected chi connectivity index (χ3v) is 8.89. The molecular weight excluding hydrogens is 556 g/mol.